The predicted octanol–water partition coefficient (Wildman–Crippen LogP) is 4.02. The highest BCUT2D eigenvalue weighted by Crippen LogP contribution is 2.33. The molecule has 3 heterocycles. The van der Waals surface area contributed by atoms with E-state index >= 15 is 0 Å². The summed E-state index contributed by atoms with van der Waals surface area (Å²) < 4.78 is 3.25. The van der Waals surface area contributed by atoms with Crippen molar-refractivity contribution in [2.45, 2.75) is 39.5 Å². The van der Waals surface area contributed by atoms with Crippen molar-refractivity contribution in [3.63, 3.8) is 0 Å². The van der Waals surface area contributed by atoms with E-state index in [1.807, 2.05) is 48.9 Å². The Hall–Kier alpha value is -3.06. The van der Waals surface area contributed by atoms with Gasteiger partial charge in [-0.05, 0) is 57.2 Å². The van der Waals surface area contributed by atoms with Crippen LogP contribution in [-0.2, 0) is 12.8 Å². The van der Waals surface area contributed by atoms with Gasteiger partial charge >= 0.3 is 0 Å². The van der Waals surface area contributed by atoms with Crippen molar-refractivity contribution in [3.8, 4) is 5.69 Å². The first-order valence-corrected chi connectivity index (χ1v) is 10.6. The number of hydrogen-bond acceptors (Lipinski definition) is 5. The van der Waals surface area contributed by atoms with Crippen LogP contribution in [0.1, 0.15) is 40.2 Å². The highest BCUT2D eigenvalue weighted by molar-refractivity contribution is 7.18. The molecule has 0 N–H and O–H groups in total. The van der Waals surface area contributed by atoms with Crippen molar-refractivity contribution in [1.29, 1.82) is 0 Å². The van der Waals surface area contributed by atoms with Crippen LogP contribution in [0.3, 0.4) is 0 Å². The Morgan fingerprint density at radius 1 is 1.14 bits per heavy atom. The van der Waals surface area contributed by atoms with Crippen LogP contribution in [0.25, 0.3) is 15.9 Å². The van der Waals surface area contributed by atoms with Crippen molar-refractivity contribution >= 4 is 27.8 Å². The molecule has 4 aromatic rings. The summed E-state index contributed by atoms with van der Waals surface area (Å²) in [7, 11) is 0. The van der Waals surface area contributed by atoms with Gasteiger partial charge < -0.3 is 0 Å². The Bertz CT molecular complexity index is 1300. The fourth-order valence-electron chi connectivity index (χ4n) is 4.00. The lowest BCUT2D eigenvalue weighted by molar-refractivity contribution is 0.699. The van der Waals surface area contributed by atoms with Crippen molar-refractivity contribution in [1.82, 2.24) is 19.4 Å². The summed E-state index contributed by atoms with van der Waals surface area (Å²) in [6.45, 7) is 3.96. The molecule has 0 radical (unpaired) electrons. The minimum atomic E-state index is -0.0867. The van der Waals surface area contributed by atoms with Crippen LogP contribution in [0.5, 0.6) is 0 Å². The standard InChI is InChI=1S/C22H21N5OS/c1-14-18(15(2)27(25-14)16-8-4-3-5-9-16)12-24-26-13-23-21-20(22(26)28)17-10-6-7-11-19(17)29-21/h3-5,8-9,12-13H,6-7,10-11H2,1-2H3. The Morgan fingerprint density at radius 3 is 2.76 bits per heavy atom. The Labute approximate surface area is 172 Å². The first-order valence-electron chi connectivity index (χ1n) is 9.81. The summed E-state index contributed by atoms with van der Waals surface area (Å²) in [5.74, 6) is 0. The van der Waals surface area contributed by atoms with E-state index in [0.29, 0.717) is 0 Å². The van der Waals surface area contributed by atoms with Crippen molar-refractivity contribution in [2.75, 3.05) is 0 Å². The number of rotatable bonds is 3. The van der Waals surface area contributed by atoms with Crippen molar-refractivity contribution < 1.29 is 0 Å². The lowest BCUT2D eigenvalue weighted by atomic mass is 9.97. The minimum absolute atomic E-state index is 0.0867. The third-order valence-electron chi connectivity index (χ3n) is 5.52. The molecule has 0 spiro atoms. The molecular formula is C22H21N5OS. The van der Waals surface area contributed by atoms with Crippen molar-refractivity contribution in [2.24, 2.45) is 5.10 Å². The molecule has 0 bridgehead atoms. The Balaban J connectivity index is 1.56. The van der Waals surface area contributed by atoms with Gasteiger partial charge in [0.15, 0.2) is 0 Å². The van der Waals surface area contributed by atoms with Crippen LogP contribution in [0.2, 0.25) is 0 Å². The van der Waals surface area contributed by atoms with Crippen LogP contribution in [0.15, 0.2) is 46.6 Å². The third-order valence-corrected chi connectivity index (χ3v) is 6.72. The molecule has 1 aromatic carbocycles. The van der Waals surface area contributed by atoms with Gasteiger partial charge in [0.2, 0.25) is 0 Å². The van der Waals surface area contributed by atoms with Gasteiger partial charge in [0.25, 0.3) is 5.56 Å². The molecule has 0 saturated carbocycles. The minimum Gasteiger partial charge on any atom is -0.267 e. The molecule has 1 aliphatic rings. The normalized spacial score (nSPS) is 14.0. The first-order chi connectivity index (χ1) is 14.1. The van der Waals surface area contributed by atoms with E-state index in [1.165, 1.54) is 27.9 Å². The largest absolute Gasteiger partial charge is 0.282 e. The zero-order valence-electron chi connectivity index (χ0n) is 16.4. The van der Waals surface area contributed by atoms with Crippen LogP contribution in [0.4, 0.5) is 0 Å². The number of benzene rings is 1. The summed E-state index contributed by atoms with van der Waals surface area (Å²) in [4.78, 5) is 19.7. The lowest BCUT2D eigenvalue weighted by Gasteiger charge is -2.09. The molecule has 0 atom stereocenters. The smallest absolute Gasteiger partial charge is 0.267 e. The van der Waals surface area contributed by atoms with Gasteiger partial charge in [0.1, 0.15) is 11.2 Å². The van der Waals surface area contributed by atoms with E-state index < -0.39 is 0 Å². The maximum absolute atomic E-state index is 13.1. The van der Waals surface area contributed by atoms with Crippen LogP contribution >= 0.6 is 11.3 Å². The van der Waals surface area contributed by atoms with Gasteiger partial charge in [-0.15, -0.1) is 11.3 Å². The predicted molar refractivity (Wildman–Crippen MR) is 117 cm³/mol. The highest BCUT2D eigenvalue weighted by atomic mass is 32.1. The van der Waals surface area contributed by atoms with E-state index in [-0.39, 0.29) is 5.56 Å². The maximum Gasteiger partial charge on any atom is 0.282 e. The number of aryl methyl sites for hydroxylation is 3. The lowest BCUT2D eigenvalue weighted by Crippen LogP contribution is -2.18. The fourth-order valence-corrected chi connectivity index (χ4v) is 5.22. The van der Waals surface area contributed by atoms with Gasteiger partial charge in [-0.25, -0.2) is 9.67 Å². The van der Waals surface area contributed by atoms with Crippen LogP contribution in [0, 0.1) is 13.8 Å². The number of aromatic nitrogens is 4. The summed E-state index contributed by atoms with van der Waals surface area (Å²) in [5.41, 5.74) is 4.85. The van der Waals surface area contributed by atoms with Crippen LogP contribution in [-0.4, -0.2) is 25.7 Å². The quantitative estimate of drug-likeness (QED) is 0.485. The average molecular weight is 404 g/mol. The topological polar surface area (TPSA) is 65.1 Å². The molecule has 0 unspecified atom stereocenters. The van der Waals surface area contributed by atoms with Gasteiger partial charge in [0, 0.05) is 10.4 Å². The SMILES string of the molecule is Cc1nn(-c2ccccc2)c(C)c1C=Nn1cnc2sc3c(c2c1=O)CCCC3. The Morgan fingerprint density at radius 2 is 1.93 bits per heavy atom. The van der Waals surface area contributed by atoms with E-state index in [9.17, 15) is 4.79 Å². The second-order valence-electron chi connectivity index (χ2n) is 7.36. The zero-order valence-corrected chi connectivity index (χ0v) is 17.2. The molecule has 29 heavy (non-hydrogen) atoms. The molecule has 7 heteroatoms. The molecule has 0 aliphatic heterocycles. The van der Waals surface area contributed by atoms with E-state index in [4.69, 9.17) is 0 Å². The van der Waals surface area contributed by atoms with E-state index in [0.717, 1.165) is 52.1 Å². The number of fused-ring (bicyclic) bond motifs is 3. The first kappa shape index (κ1) is 18.0. The monoisotopic (exact) mass is 403 g/mol. The molecule has 0 fully saturated rings. The number of nitrogens with zero attached hydrogens (tertiary/aromatic N) is 5. The second kappa shape index (κ2) is 7.08. The molecule has 5 rings (SSSR count). The molecule has 6 nitrogen and oxygen atoms in total. The van der Waals surface area contributed by atoms with Gasteiger partial charge in [-0.2, -0.15) is 14.9 Å². The second-order valence-corrected chi connectivity index (χ2v) is 8.45. The van der Waals surface area contributed by atoms with Gasteiger partial charge in [-0.1, -0.05) is 18.2 Å². The van der Waals surface area contributed by atoms with Crippen LogP contribution < -0.4 is 5.56 Å². The third kappa shape index (κ3) is 3.02. The molecule has 3 aromatic heterocycles. The zero-order chi connectivity index (χ0) is 20.0. The maximum atomic E-state index is 13.1. The molecule has 0 amide bonds. The summed E-state index contributed by atoms with van der Waals surface area (Å²) in [6, 6.07) is 9.99. The Kier molecular flexibility index (Phi) is 4.39. The molecule has 146 valence electrons. The number of hydrogen-bond donors (Lipinski definition) is 0. The fraction of sp³-hybridized carbons (Fsp3) is 0.273. The summed E-state index contributed by atoms with van der Waals surface area (Å²) in [5, 5.41) is 9.84. The van der Waals surface area contributed by atoms with Gasteiger partial charge in [0.05, 0.1) is 28.7 Å². The van der Waals surface area contributed by atoms with Gasteiger partial charge in [-0.3, -0.25) is 4.79 Å². The van der Waals surface area contributed by atoms with Crippen molar-refractivity contribution in [3.05, 3.63) is 74.4 Å². The van der Waals surface area contributed by atoms with E-state index in [1.54, 1.807) is 17.6 Å². The number of para-hydroxylation sites is 1. The highest BCUT2D eigenvalue weighted by Gasteiger charge is 2.20. The molecule has 0 saturated heterocycles. The molecular weight excluding hydrogens is 382 g/mol. The summed E-state index contributed by atoms with van der Waals surface area (Å²) in [6.07, 6.45) is 7.57. The number of thiophene rings is 1. The average Bonchev–Trinajstić information content (AvgIpc) is 3.26. The van der Waals surface area contributed by atoms with E-state index in [2.05, 4.69) is 15.2 Å². The summed E-state index contributed by atoms with van der Waals surface area (Å²) >= 11 is 1.65. The molecule has 1 aliphatic carbocycles.